The Kier molecular flexibility index (Phi) is 3.32. The summed E-state index contributed by atoms with van der Waals surface area (Å²) in [7, 11) is 0. The zero-order valence-electron chi connectivity index (χ0n) is 12.3. The molecule has 2 aliphatic rings. The summed E-state index contributed by atoms with van der Waals surface area (Å²) in [6.07, 6.45) is 0.931. The number of piperidine rings is 1. The molecule has 22 heavy (non-hydrogen) atoms. The van der Waals surface area contributed by atoms with Crippen LogP contribution in [0.1, 0.15) is 23.6 Å². The molecule has 112 valence electrons. The minimum Gasteiger partial charge on any atom is -0.291 e. The molecule has 1 aliphatic heterocycles. The van der Waals surface area contributed by atoms with Crippen LogP contribution in [-0.2, 0) is 11.3 Å². The van der Waals surface area contributed by atoms with Gasteiger partial charge in [0.2, 0.25) is 5.24 Å². The second-order valence-corrected chi connectivity index (χ2v) is 6.79. The maximum atomic E-state index is 12.1. The quantitative estimate of drug-likeness (QED) is 0.795. The number of nitrogens with zero attached hydrogens (tertiary/aromatic N) is 1. The normalized spacial score (nSPS) is 30.0. The Balaban J connectivity index is 1.69. The molecular formula is C19H18ClNO. The molecule has 2 aromatic carbocycles. The van der Waals surface area contributed by atoms with E-state index in [-0.39, 0.29) is 16.7 Å². The van der Waals surface area contributed by atoms with Crippen LogP contribution in [0, 0.1) is 11.3 Å². The SMILES string of the molecule is O=C(Cl)C12CC1CN(Cc1ccccc1)C2c1ccccc1. The monoisotopic (exact) mass is 311 g/mol. The summed E-state index contributed by atoms with van der Waals surface area (Å²) in [4.78, 5) is 14.5. The molecule has 3 heteroatoms. The van der Waals surface area contributed by atoms with E-state index in [0.29, 0.717) is 5.92 Å². The number of fused-ring (bicyclic) bond motifs is 1. The van der Waals surface area contributed by atoms with E-state index in [1.54, 1.807) is 0 Å². The van der Waals surface area contributed by atoms with Gasteiger partial charge in [-0.3, -0.25) is 9.69 Å². The Morgan fingerprint density at radius 1 is 1.09 bits per heavy atom. The molecule has 4 rings (SSSR count). The third-order valence-electron chi connectivity index (χ3n) is 5.17. The summed E-state index contributed by atoms with van der Waals surface area (Å²) in [5.41, 5.74) is 2.12. The largest absolute Gasteiger partial charge is 0.291 e. The van der Waals surface area contributed by atoms with E-state index in [2.05, 4.69) is 41.3 Å². The van der Waals surface area contributed by atoms with Crippen LogP contribution >= 0.6 is 11.6 Å². The first-order chi connectivity index (χ1) is 10.7. The Morgan fingerprint density at radius 3 is 2.36 bits per heavy atom. The Labute approximate surface area is 135 Å². The highest BCUT2D eigenvalue weighted by atomic mass is 35.5. The molecule has 0 radical (unpaired) electrons. The molecule has 1 aliphatic carbocycles. The zero-order chi connectivity index (χ0) is 15.2. The van der Waals surface area contributed by atoms with E-state index >= 15 is 0 Å². The lowest BCUT2D eigenvalue weighted by Gasteiger charge is -2.31. The summed E-state index contributed by atoms with van der Waals surface area (Å²) >= 11 is 6.01. The standard InChI is InChI=1S/C19H18ClNO/c20-18(22)19-11-16(19)13-21(12-14-7-3-1-4-8-14)17(19)15-9-5-2-6-10-15/h1-10,16-17H,11-13H2. The van der Waals surface area contributed by atoms with Gasteiger partial charge in [0, 0.05) is 19.1 Å². The summed E-state index contributed by atoms with van der Waals surface area (Å²) in [6.45, 7) is 1.82. The predicted octanol–water partition coefficient (Wildman–Crippen LogP) is 4.02. The van der Waals surface area contributed by atoms with Crippen molar-refractivity contribution in [2.75, 3.05) is 6.54 Å². The van der Waals surface area contributed by atoms with Crippen LogP contribution in [0.3, 0.4) is 0 Å². The smallest absolute Gasteiger partial charge is 0.230 e. The van der Waals surface area contributed by atoms with Crippen LogP contribution in [0.4, 0.5) is 0 Å². The number of rotatable bonds is 4. The van der Waals surface area contributed by atoms with Crippen molar-refractivity contribution >= 4 is 16.8 Å². The highest BCUT2D eigenvalue weighted by Crippen LogP contribution is 2.68. The fourth-order valence-electron chi connectivity index (χ4n) is 4.09. The maximum absolute atomic E-state index is 12.1. The molecule has 0 amide bonds. The summed E-state index contributed by atoms with van der Waals surface area (Å²) in [5, 5.41) is -0.165. The molecule has 2 fully saturated rings. The van der Waals surface area contributed by atoms with Crippen LogP contribution in [0.25, 0.3) is 0 Å². The molecule has 3 atom stereocenters. The highest BCUT2D eigenvalue weighted by molar-refractivity contribution is 6.65. The zero-order valence-corrected chi connectivity index (χ0v) is 13.0. The fraction of sp³-hybridized carbons (Fsp3) is 0.316. The van der Waals surface area contributed by atoms with Crippen molar-refractivity contribution in [1.29, 1.82) is 0 Å². The minimum atomic E-state index is -0.363. The molecule has 3 unspecified atom stereocenters. The molecule has 0 spiro atoms. The lowest BCUT2D eigenvalue weighted by atomic mass is 9.90. The predicted molar refractivity (Wildman–Crippen MR) is 87.4 cm³/mol. The first kappa shape index (κ1) is 14.0. The van der Waals surface area contributed by atoms with Crippen molar-refractivity contribution in [3.8, 4) is 0 Å². The van der Waals surface area contributed by atoms with Gasteiger partial charge >= 0.3 is 0 Å². The van der Waals surface area contributed by atoms with Gasteiger partial charge in [-0.25, -0.2) is 0 Å². The van der Waals surface area contributed by atoms with Crippen molar-refractivity contribution in [3.63, 3.8) is 0 Å². The summed E-state index contributed by atoms with van der Waals surface area (Å²) in [5.74, 6) is 0.409. The average Bonchev–Trinajstić information content (AvgIpc) is 3.16. The molecule has 0 bridgehead atoms. The van der Waals surface area contributed by atoms with Gasteiger partial charge in [0.05, 0.1) is 5.41 Å². The Morgan fingerprint density at radius 2 is 1.73 bits per heavy atom. The van der Waals surface area contributed by atoms with Gasteiger partial charge < -0.3 is 0 Å². The van der Waals surface area contributed by atoms with Gasteiger partial charge in [-0.15, -0.1) is 0 Å². The maximum Gasteiger partial charge on any atom is 0.230 e. The first-order valence-corrected chi connectivity index (χ1v) is 8.12. The lowest BCUT2D eigenvalue weighted by molar-refractivity contribution is -0.118. The topological polar surface area (TPSA) is 20.3 Å². The van der Waals surface area contributed by atoms with E-state index in [9.17, 15) is 4.79 Å². The van der Waals surface area contributed by atoms with Gasteiger partial charge in [-0.2, -0.15) is 0 Å². The fourth-order valence-corrected chi connectivity index (χ4v) is 4.43. The van der Waals surface area contributed by atoms with Gasteiger partial charge in [0.15, 0.2) is 0 Å². The van der Waals surface area contributed by atoms with Crippen LogP contribution < -0.4 is 0 Å². The van der Waals surface area contributed by atoms with E-state index in [0.717, 1.165) is 19.5 Å². The number of hydrogen-bond acceptors (Lipinski definition) is 2. The third-order valence-corrected chi connectivity index (χ3v) is 5.52. The minimum absolute atomic E-state index is 0.101. The molecule has 1 saturated carbocycles. The molecule has 2 aromatic rings. The van der Waals surface area contributed by atoms with Crippen molar-refractivity contribution < 1.29 is 4.79 Å². The number of carbonyl (C=O) groups is 1. The number of carbonyl (C=O) groups excluding carboxylic acids is 1. The molecule has 0 N–H and O–H groups in total. The summed E-state index contributed by atoms with van der Waals surface area (Å²) in [6, 6.07) is 20.9. The lowest BCUT2D eigenvalue weighted by Crippen LogP contribution is -2.31. The van der Waals surface area contributed by atoms with E-state index < -0.39 is 0 Å². The van der Waals surface area contributed by atoms with Crippen molar-refractivity contribution in [2.45, 2.75) is 19.0 Å². The van der Waals surface area contributed by atoms with E-state index in [1.165, 1.54) is 11.1 Å². The highest BCUT2D eigenvalue weighted by Gasteiger charge is 2.69. The first-order valence-electron chi connectivity index (χ1n) is 7.74. The van der Waals surface area contributed by atoms with Gasteiger partial charge in [-0.05, 0) is 35.1 Å². The third kappa shape index (κ3) is 2.10. The number of benzene rings is 2. The Hall–Kier alpha value is -1.64. The molecular weight excluding hydrogens is 294 g/mol. The van der Waals surface area contributed by atoms with Gasteiger partial charge in [0.25, 0.3) is 0 Å². The number of likely N-dealkylation sites (tertiary alicyclic amines) is 1. The van der Waals surface area contributed by atoms with E-state index in [1.807, 2.05) is 24.3 Å². The molecule has 2 nitrogen and oxygen atoms in total. The second-order valence-electron chi connectivity index (χ2n) is 6.44. The van der Waals surface area contributed by atoms with E-state index in [4.69, 9.17) is 11.6 Å². The number of hydrogen-bond donors (Lipinski definition) is 0. The van der Waals surface area contributed by atoms with Gasteiger partial charge in [0.1, 0.15) is 0 Å². The second kappa shape index (κ2) is 5.22. The van der Waals surface area contributed by atoms with Crippen molar-refractivity contribution in [1.82, 2.24) is 4.90 Å². The Bertz CT molecular complexity index is 687. The number of halogens is 1. The van der Waals surface area contributed by atoms with Crippen LogP contribution in [0.15, 0.2) is 60.7 Å². The van der Waals surface area contributed by atoms with Crippen LogP contribution in [0.5, 0.6) is 0 Å². The average molecular weight is 312 g/mol. The molecule has 0 aromatic heterocycles. The summed E-state index contributed by atoms with van der Waals surface area (Å²) < 4.78 is 0. The molecule has 1 saturated heterocycles. The molecule has 1 heterocycles. The van der Waals surface area contributed by atoms with Crippen molar-refractivity contribution in [2.24, 2.45) is 11.3 Å². The van der Waals surface area contributed by atoms with Gasteiger partial charge in [-0.1, -0.05) is 60.7 Å². The van der Waals surface area contributed by atoms with Crippen LogP contribution in [-0.4, -0.2) is 16.7 Å². The van der Waals surface area contributed by atoms with Crippen LogP contribution in [0.2, 0.25) is 0 Å². The van der Waals surface area contributed by atoms with Crippen molar-refractivity contribution in [3.05, 3.63) is 71.8 Å².